The van der Waals surface area contributed by atoms with Gasteiger partial charge in [-0.3, -0.25) is 0 Å². The molecule has 1 heterocycles. The number of hydrogen-bond acceptors (Lipinski definition) is 1. The van der Waals surface area contributed by atoms with Gasteiger partial charge in [-0.15, -0.1) is 11.3 Å². The molecule has 0 radical (unpaired) electrons. The third kappa shape index (κ3) is 3.34. The van der Waals surface area contributed by atoms with Gasteiger partial charge in [0.15, 0.2) is 0 Å². The van der Waals surface area contributed by atoms with Crippen molar-refractivity contribution in [3.63, 3.8) is 0 Å². The van der Waals surface area contributed by atoms with Crippen LogP contribution in [0.3, 0.4) is 0 Å². The van der Waals surface area contributed by atoms with E-state index in [0.717, 1.165) is 0 Å². The van der Waals surface area contributed by atoms with Crippen molar-refractivity contribution >= 4 is 11.3 Å². The maximum Gasteiger partial charge on any atom is 0.0108 e. The molecule has 0 aromatic carbocycles. The molecule has 1 rings (SSSR count). The quantitative estimate of drug-likeness (QED) is 0.615. The van der Waals surface area contributed by atoms with Crippen LogP contribution in [-0.4, -0.2) is 0 Å². The van der Waals surface area contributed by atoms with Crippen LogP contribution < -0.4 is 0 Å². The highest BCUT2D eigenvalue weighted by molar-refractivity contribution is 7.12. The van der Waals surface area contributed by atoms with Gasteiger partial charge >= 0.3 is 0 Å². The molecule has 88 valence electrons. The highest BCUT2D eigenvalue weighted by Gasteiger charge is 2.15. The van der Waals surface area contributed by atoms with Crippen molar-refractivity contribution < 1.29 is 0 Å². The minimum Gasteiger partial charge on any atom is -0.145 e. The molecule has 1 aromatic rings. The van der Waals surface area contributed by atoms with Gasteiger partial charge in [0.2, 0.25) is 0 Å². The summed E-state index contributed by atoms with van der Waals surface area (Å²) in [6, 6.07) is 2.41. The molecule has 0 spiro atoms. The van der Waals surface area contributed by atoms with E-state index in [1.165, 1.54) is 4.88 Å². The zero-order valence-electron chi connectivity index (χ0n) is 10.2. The van der Waals surface area contributed by atoms with Gasteiger partial charge in [0, 0.05) is 9.75 Å². The lowest BCUT2D eigenvalue weighted by atomic mass is 9.98. The van der Waals surface area contributed by atoms with Crippen molar-refractivity contribution in [3.05, 3.63) is 21.4 Å². The van der Waals surface area contributed by atoms with E-state index in [9.17, 15) is 0 Å². The Kier molecular flexibility index (Phi) is 5.58. The van der Waals surface area contributed by atoms with E-state index in [0.29, 0.717) is 17.8 Å². The Balaban J connectivity index is 0.00000196. The van der Waals surface area contributed by atoms with Crippen LogP contribution in [0.25, 0.3) is 0 Å². The number of hydrogen-bond donors (Lipinski definition) is 0. The first kappa shape index (κ1) is 14.7. The molecule has 0 atom stereocenters. The molecule has 0 aliphatic heterocycles. The number of rotatable bonds is 3. The Bertz CT molecular complexity index is 267. The van der Waals surface area contributed by atoms with Crippen molar-refractivity contribution in [2.75, 3.05) is 0 Å². The van der Waals surface area contributed by atoms with Crippen LogP contribution in [-0.2, 0) is 0 Å². The smallest absolute Gasteiger partial charge is 0.0108 e. The Hall–Kier alpha value is -0.300. The highest BCUT2D eigenvalue weighted by Crippen LogP contribution is 2.36. The van der Waals surface area contributed by atoms with Crippen molar-refractivity contribution in [3.8, 4) is 0 Å². The first-order valence-electron chi connectivity index (χ1n) is 5.57. The van der Waals surface area contributed by atoms with Gasteiger partial charge in [-0.1, -0.05) is 49.0 Å². The molecule has 0 saturated heterocycles. The molecule has 0 aliphatic carbocycles. The van der Waals surface area contributed by atoms with Crippen LogP contribution in [0.5, 0.6) is 0 Å². The van der Waals surface area contributed by atoms with E-state index in [-0.39, 0.29) is 7.43 Å². The van der Waals surface area contributed by atoms with Gasteiger partial charge in [0.05, 0.1) is 0 Å². The summed E-state index contributed by atoms with van der Waals surface area (Å²) < 4.78 is 0. The van der Waals surface area contributed by atoms with E-state index < -0.39 is 0 Å². The summed E-state index contributed by atoms with van der Waals surface area (Å²) in [6.07, 6.45) is 0. The second-order valence-electron chi connectivity index (χ2n) is 4.93. The molecule has 0 fully saturated rings. The molecule has 1 aromatic heterocycles. The molecule has 0 nitrogen and oxygen atoms in total. The molecule has 0 bridgehead atoms. The van der Waals surface area contributed by atoms with Gasteiger partial charge in [-0.05, 0) is 29.4 Å². The maximum atomic E-state index is 2.41. The van der Waals surface area contributed by atoms with E-state index in [2.05, 4.69) is 47.6 Å². The Morgan fingerprint density at radius 2 is 1.40 bits per heavy atom. The van der Waals surface area contributed by atoms with Gasteiger partial charge in [-0.2, -0.15) is 0 Å². The van der Waals surface area contributed by atoms with E-state index >= 15 is 0 Å². The predicted octanol–water partition coefficient (Wildman–Crippen LogP) is 5.75. The van der Waals surface area contributed by atoms with Crippen molar-refractivity contribution in [1.82, 2.24) is 0 Å². The fourth-order valence-electron chi connectivity index (χ4n) is 1.63. The lowest BCUT2D eigenvalue weighted by Crippen LogP contribution is -1.92. The summed E-state index contributed by atoms with van der Waals surface area (Å²) in [5.74, 6) is 2.01. The first-order chi connectivity index (χ1) is 6.43. The molecule has 0 amide bonds. The molecular formula is C14H26S. The molecule has 15 heavy (non-hydrogen) atoms. The molecule has 0 unspecified atom stereocenters. The summed E-state index contributed by atoms with van der Waals surface area (Å²) in [4.78, 5) is 3.13. The van der Waals surface area contributed by atoms with E-state index in [1.54, 1.807) is 10.4 Å². The van der Waals surface area contributed by atoms with E-state index in [4.69, 9.17) is 0 Å². The third-order valence-corrected chi connectivity index (χ3v) is 4.28. The zero-order valence-corrected chi connectivity index (χ0v) is 11.0. The van der Waals surface area contributed by atoms with Gasteiger partial charge in [-0.25, -0.2) is 0 Å². The minimum absolute atomic E-state index is 0. The average molecular weight is 226 g/mol. The molecule has 0 aliphatic rings. The van der Waals surface area contributed by atoms with Crippen molar-refractivity contribution in [2.45, 2.75) is 66.7 Å². The van der Waals surface area contributed by atoms with Crippen LogP contribution in [0.1, 0.15) is 82.0 Å². The highest BCUT2D eigenvalue weighted by atomic mass is 32.1. The summed E-state index contributed by atoms with van der Waals surface area (Å²) >= 11 is 2.00. The maximum absolute atomic E-state index is 2.41. The topological polar surface area (TPSA) is 0 Å². The lowest BCUT2D eigenvalue weighted by Gasteiger charge is -2.08. The molecule has 0 N–H and O–H groups in total. The van der Waals surface area contributed by atoms with Crippen LogP contribution in [0.15, 0.2) is 6.07 Å². The average Bonchev–Trinajstić information content (AvgIpc) is 2.47. The molecule has 1 heteroatoms. The van der Waals surface area contributed by atoms with Crippen molar-refractivity contribution in [1.29, 1.82) is 0 Å². The second kappa shape index (κ2) is 5.69. The Labute approximate surface area is 99.7 Å². The fourth-order valence-corrected chi connectivity index (χ4v) is 2.95. The van der Waals surface area contributed by atoms with Gasteiger partial charge < -0.3 is 0 Å². The zero-order chi connectivity index (χ0) is 10.9. The van der Waals surface area contributed by atoms with Crippen LogP contribution in [0.2, 0.25) is 0 Å². The SMILES string of the molecule is C.CC(C)c1cc(C(C)C)c(C(C)C)s1. The third-order valence-electron chi connectivity index (χ3n) is 2.53. The fraction of sp³-hybridized carbons (Fsp3) is 0.714. The summed E-state index contributed by atoms with van der Waals surface area (Å²) in [7, 11) is 0. The minimum atomic E-state index is 0. The van der Waals surface area contributed by atoms with E-state index in [1.807, 2.05) is 11.3 Å². The normalized spacial score (nSPS) is 11.3. The summed E-state index contributed by atoms with van der Waals surface area (Å²) in [5.41, 5.74) is 1.56. The Morgan fingerprint density at radius 1 is 0.867 bits per heavy atom. The lowest BCUT2D eigenvalue weighted by molar-refractivity contribution is 0.807. The Morgan fingerprint density at radius 3 is 1.67 bits per heavy atom. The van der Waals surface area contributed by atoms with Crippen LogP contribution in [0, 0.1) is 0 Å². The number of thiophene rings is 1. The van der Waals surface area contributed by atoms with Crippen LogP contribution >= 0.6 is 11.3 Å². The molecule has 0 saturated carbocycles. The van der Waals surface area contributed by atoms with Gasteiger partial charge in [0.25, 0.3) is 0 Å². The van der Waals surface area contributed by atoms with Crippen molar-refractivity contribution in [2.24, 2.45) is 0 Å². The van der Waals surface area contributed by atoms with Gasteiger partial charge in [0.1, 0.15) is 0 Å². The standard InChI is InChI=1S/C13H22S.CH4/c1-8(2)11-7-12(9(3)4)14-13(11)10(5)6;/h7-10H,1-6H3;1H4. The second-order valence-corrected chi connectivity index (χ2v) is 6.05. The summed E-state index contributed by atoms with van der Waals surface area (Å²) in [5, 5.41) is 0. The summed E-state index contributed by atoms with van der Waals surface area (Å²) in [6.45, 7) is 13.7. The monoisotopic (exact) mass is 226 g/mol. The molecular weight excluding hydrogens is 200 g/mol. The largest absolute Gasteiger partial charge is 0.145 e. The predicted molar refractivity (Wildman–Crippen MR) is 73.3 cm³/mol. The van der Waals surface area contributed by atoms with Crippen LogP contribution in [0.4, 0.5) is 0 Å². The first-order valence-corrected chi connectivity index (χ1v) is 6.38.